The minimum absolute atomic E-state index is 0.235. The zero-order valence-corrected chi connectivity index (χ0v) is 12.8. The van der Waals surface area contributed by atoms with Crippen LogP contribution in [0.15, 0.2) is 42.5 Å². The number of aliphatic hydroxyl groups excluding tert-OH is 2. The van der Waals surface area contributed by atoms with E-state index in [-0.39, 0.29) is 13.0 Å². The molecule has 3 N–H and O–H groups in total. The number of carbonyl (C=O) groups is 1. The average Bonchev–Trinajstić information content (AvgIpc) is 2.92. The van der Waals surface area contributed by atoms with Crippen LogP contribution in [0.1, 0.15) is 25.0 Å². The normalized spacial score (nSPS) is 14.0. The van der Waals surface area contributed by atoms with Gasteiger partial charge in [0, 0.05) is 21.8 Å². The van der Waals surface area contributed by atoms with Gasteiger partial charge in [-0.25, -0.2) is 0 Å². The Bertz CT molecular complexity index is 839. The first-order valence-electron chi connectivity index (χ1n) is 7.62. The van der Waals surface area contributed by atoms with Gasteiger partial charge in [-0.3, -0.25) is 4.79 Å². The van der Waals surface area contributed by atoms with E-state index in [0.29, 0.717) is 5.56 Å². The fourth-order valence-corrected chi connectivity index (χ4v) is 2.77. The molecular formula is C18H19NO4. The van der Waals surface area contributed by atoms with Gasteiger partial charge in [0.05, 0.1) is 19.1 Å². The van der Waals surface area contributed by atoms with E-state index in [1.165, 1.54) is 0 Å². The monoisotopic (exact) mass is 313 g/mol. The van der Waals surface area contributed by atoms with Gasteiger partial charge in [-0.05, 0) is 30.7 Å². The SMILES string of the molecule is CCOC(=O)CC(O)C(O)c1ccc2[nH]c3ccccc3c2c1. The van der Waals surface area contributed by atoms with Gasteiger partial charge in [0.25, 0.3) is 0 Å². The van der Waals surface area contributed by atoms with E-state index in [9.17, 15) is 15.0 Å². The largest absolute Gasteiger partial charge is 0.466 e. The third-order valence-corrected chi connectivity index (χ3v) is 3.92. The number of hydrogen-bond donors (Lipinski definition) is 3. The topological polar surface area (TPSA) is 82.6 Å². The number of aromatic nitrogens is 1. The molecule has 1 heterocycles. The number of ether oxygens (including phenoxy) is 1. The smallest absolute Gasteiger partial charge is 0.308 e. The molecule has 0 aliphatic heterocycles. The summed E-state index contributed by atoms with van der Waals surface area (Å²) in [6, 6.07) is 13.3. The molecule has 2 unspecified atom stereocenters. The molecule has 0 saturated carbocycles. The van der Waals surface area contributed by atoms with Gasteiger partial charge < -0.3 is 19.9 Å². The Morgan fingerprint density at radius 3 is 2.65 bits per heavy atom. The Balaban J connectivity index is 1.90. The van der Waals surface area contributed by atoms with Gasteiger partial charge in [0.2, 0.25) is 0 Å². The first-order valence-corrected chi connectivity index (χ1v) is 7.62. The van der Waals surface area contributed by atoms with Crippen LogP contribution in [0.5, 0.6) is 0 Å². The predicted octanol–water partition coefficient (Wildman–Crippen LogP) is 2.67. The third-order valence-electron chi connectivity index (χ3n) is 3.92. The number of nitrogens with one attached hydrogen (secondary N) is 1. The Morgan fingerprint density at radius 1 is 1.13 bits per heavy atom. The van der Waals surface area contributed by atoms with Gasteiger partial charge >= 0.3 is 5.97 Å². The number of H-pyrrole nitrogens is 1. The molecule has 1 aromatic heterocycles. The number of fused-ring (bicyclic) bond motifs is 3. The lowest BCUT2D eigenvalue weighted by Crippen LogP contribution is -2.23. The van der Waals surface area contributed by atoms with Gasteiger partial charge in [-0.2, -0.15) is 0 Å². The lowest BCUT2D eigenvalue weighted by Gasteiger charge is -2.17. The van der Waals surface area contributed by atoms with Crippen molar-refractivity contribution >= 4 is 27.8 Å². The van der Waals surface area contributed by atoms with E-state index in [2.05, 4.69) is 4.98 Å². The van der Waals surface area contributed by atoms with Crippen LogP contribution >= 0.6 is 0 Å². The highest BCUT2D eigenvalue weighted by molar-refractivity contribution is 6.07. The summed E-state index contributed by atoms with van der Waals surface area (Å²) in [6.07, 6.45) is -2.57. The van der Waals surface area contributed by atoms with Crippen molar-refractivity contribution in [3.63, 3.8) is 0 Å². The Kier molecular flexibility index (Phi) is 4.32. The molecule has 0 amide bonds. The highest BCUT2D eigenvalue weighted by Crippen LogP contribution is 2.29. The molecule has 2 atom stereocenters. The summed E-state index contributed by atoms with van der Waals surface area (Å²) in [4.78, 5) is 14.7. The molecule has 0 fully saturated rings. The summed E-state index contributed by atoms with van der Waals surface area (Å²) >= 11 is 0. The third kappa shape index (κ3) is 3.06. The molecule has 3 aromatic rings. The van der Waals surface area contributed by atoms with Crippen LogP contribution in [0, 0.1) is 0 Å². The molecule has 0 aliphatic carbocycles. The molecular weight excluding hydrogens is 294 g/mol. The average molecular weight is 313 g/mol. The summed E-state index contributed by atoms with van der Waals surface area (Å²) in [7, 11) is 0. The van der Waals surface area contributed by atoms with Crippen molar-refractivity contribution in [3.05, 3.63) is 48.0 Å². The van der Waals surface area contributed by atoms with E-state index in [1.54, 1.807) is 13.0 Å². The molecule has 0 aliphatic rings. The first kappa shape index (κ1) is 15.5. The number of rotatable bonds is 5. The second kappa shape index (κ2) is 6.40. The fourth-order valence-electron chi connectivity index (χ4n) is 2.77. The van der Waals surface area contributed by atoms with Gasteiger partial charge in [-0.15, -0.1) is 0 Å². The van der Waals surface area contributed by atoms with Crippen molar-refractivity contribution in [2.75, 3.05) is 6.61 Å². The molecule has 2 aromatic carbocycles. The standard InChI is InChI=1S/C18H19NO4/c1-2-23-17(21)10-16(20)18(22)11-7-8-15-13(9-11)12-5-3-4-6-14(12)19-15/h3-9,16,18-20,22H,2,10H2,1H3. The Morgan fingerprint density at radius 2 is 1.87 bits per heavy atom. The van der Waals surface area contributed by atoms with Gasteiger partial charge in [0.1, 0.15) is 6.10 Å². The maximum Gasteiger partial charge on any atom is 0.308 e. The van der Waals surface area contributed by atoms with E-state index in [0.717, 1.165) is 21.8 Å². The minimum Gasteiger partial charge on any atom is -0.466 e. The molecule has 3 rings (SSSR count). The number of esters is 1. The highest BCUT2D eigenvalue weighted by Gasteiger charge is 2.22. The number of aliphatic hydroxyl groups is 2. The first-order chi connectivity index (χ1) is 11.1. The molecule has 0 saturated heterocycles. The van der Waals surface area contributed by atoms with Crippen LogP contribution in [0.25, 0.3) is 21.8 Å². The molecule has 0 radical (unpaired) electrons. The fraction of sp³-hybridized carbons (Fsp3) is 0.278. The molecule has 5 heteroatoms. The summed E-state index contributed by atoms with van der Waals surface area (Å²) in [6.45, 7) is 1.95. The van der Waals surface area contributed by atoms with Crippen LogP contribution in [0.2, 0.25) is 0 Å². The van der Waals surface area contributed by atoms with Crippen LogP contribution < -0.4 is 0 Å². The van der Waals surface area contributed by atoms with Gasteiger partial charge in [-0.1, -0.05) is 24.3 Å². The van der Waals surface area contributed by atoms with E-state index < -0.39 is 18.2 Å². The number of benzene rings is 2. The second-order valence-corrected chi connectivity index (χ2v) is 5.50. The lowest BCUT2D eigenvalue weighted by atomic mass is 10.00. The second-order valence-electron chi connectivity index (χ2n) is 5.50. The number of aromatic amines is 1. The number of carbonyl (C=O) groups excluding carboxylic acids is 1. The van der Waals surface area contributed by atoms with Crippen LogP contribution in [0.4, 0.5) is 0 Å². The molecule has 120 valence electrons. The summed E-state index contributed by atoms with van der Waals surface area (Å²) in [5.74, 6) is -0.521. The van der Waals surface area contributed by atoms with E-state index in [1.807, 2.05) is 36.4 Å². The lowest BCUT2D eigenvalue weighted by molar-refractivity contribution is -0.147. The molecule has 5 nitrogen and oxygen atoms in total. The van der Waals surface area contributed by atoms with Crippen molar-refractivity contribution in [1.82, 2.24) is 4.98 Å². The molecule has 0 spiro atoms. The summed E-state index contributed by atoms with van der Waals surface area (Å²) in [5.41, 5.74) is 2.54. The number of para-hydroxylation sites is 1. The maximum atomic E-state index is 11.4. The van der Waals surface area contributed by atoms with Crippen molar-refractivity contribution in [1.29, 1.82) is 0 Å². The zero-order valence-electron chi connectivity index (χ0n) is 12.8. The van der Waals surface area contributed by atoms with Crippen LogP contribution in [-0.2, 0) is 9.53 Å². The maximum absolute atomic E-state index is 11.4. The Labute approximate surface area is 133 Å². The molecule has 23 heavy (non-hydrogen) atoms. The summed E-state index contributed by atoms with van der Waals surface area (Å²) in [5, 5.41) is 22.4. The Hall–Kier alpha value is -2.37. The van der Waals surface area contributed by atoms with E-state index in [4.69, 9.17) is 4.74 Å². The van der Waals surface area contributed by atoms with Crippen molar-refractivity contribution in [2.45, 2.75) is 25.6 Å². The zero-order chi connectivity index (χ0) is 16.4. The molecule has 0 bridgehead atoms. The van der Waals surface area contributed by atoms with Crippen molar-refractivity contribution in [2.24, 2.45) is 0 Å². The van der Waals surface area contributed by atoms with Crippen molar-refractivity contribution < 1.29 is 19.7 Å². The minimum atomic E-state index is -1.20. The predicted molar refractivity (Wildman–Crippen MR) is 88.0 cm³/mol. The van der Waals surface area contributed by atoms with Crippen LogP contribution in [-0.4, -0.2) is 33.9 Å². The van der Waals surface area contributed by atoms with Crippen LogP contribution in [0.3, 0.4) is 0 Å². The van der Waals surface area contributed by atoms with Gasteiger partial charge in [0.15, 0.2) is 0 Å². The highest BCUT2D eigenvalue weighted by atomic mass is 16.5. The van der Waals surface area contributed by atoms with Crippen molar-refractivity contribution in [3.8, 4) is 0 Å². The number of hydrogen-bond acceptors (Lipinski definition) is 4. The quantitative estimate of drug-likeness (QED) is 0.632. The van der Waals surface area contributed by atoms with E-state index >= 15 is 0 Å². The summed E-state index contributed by atoms with van der Waals surface area (Å²) < 4.78 is 4.80.